The molecule has 1 N–H and O–H groups in total. The first kappa shape index (κ1) is 14.8. The van der Waals surface area contributed by atoms with Crippen LogP contribution >= 0.6 is 0 Å². The Morgan fingerprint density at radius 1 is 1.18 bits per heavy atom. The summed E-state index contributed by atoms with van der Waals surface area (Å²) in [5, 5.41) is 3.31. The number of benzene rings is 1. The van der Waals surface area contributed by atoms with Gasteiger partial charge in [0.1, 0.15) is 5.82 Å². The lowest BCUT2D eigenvalue weighted by molar-refractivity contribution is 0.444. The van der Waals surface area contributed by atoms with Crippen LogP contribution in [0.4, 0.5) is 17.5 Å². The Morgan fingerprint density at radius 2 is 2.05 bits per heavy atom. The fraction of sp³-hybridized carbons (Fsp3) is 0.444. The van der Waals surface area contributed by atoms with E-state index in [1.54, 1.807) is 0 Å². The average Bonchev–Trinajstić information content (AvgIpc) is 2.51. The SMILES string of the molecule is Cc1ccc(Nc2nccc(N3CCCC(C)C3)n2)cc1C. The second-order valence-corrected chi connectivity index (χ2v) is 6.36. The Morgan fingerprint density at radius 3 is 2.82 bits per heavy atom. The highest BCUT2D eigenvalue weighted by Crippen LogP contribution is 2.23. The van der Waals surface area contributed by atoms with E-state index in [9.17, 15) is 0 Å². The van der Waals surface area contributed by atoms with Crippen molar-refractivity contribution in [2.45, 2.75) is 33.6 Å². The van der Waals surface area contributed by atoms with Crippen LogP contribution in [0.1, 0.15) is 30.9 Å². The van der Waals surface area contributed by atoms with Gasteiger partial charge in [-0.05, 0) is 61.9 Å². The number of hydrogen-bond donors (Lipinski definition) is 1. The van der Waals surface area contributed by atoms with Crippen molar-refractivity contribution in [3.05, 3.63) is 41.6 Å². The molecule has 1 fully saturated rings. The molecule has 0 spiro atoms. The minimum absolute atomic E-state index is 0.666. The van der Waals surface area contributed by atoms with Crippen LogP contribution in [-0.2, 0) is 0 Å². The number of aromatic nitrogens is 2. The van der Waals surface area contributed by atoms with Crippen molar-refractivity contribution in [3.63, 3.8) is 0 Å². The Labute approximate surface area is 132 Å². The van der Waals surface area contributed by atoms with Gasteiger partial charge in [0, 0.05) is 25.0 Å². The van der Waals surface area contributed by atoms with Crippen LogP contribution in [0.2, 0.25) is 0 Å². The molecule has 1 saturated heterocycles. The fourth-order valence-electron chi connectivity index (χ4n) is 2.93. The van der Waals surface area contributed by atoms with Gasteiger partial charge in [0.25, 0.3) is 0 Å². The lowest BCUT2D eigenvalue weighted by Crippen LogP contribution is -2.34. The number of piperidine rings is 1. The molecule has 1 aliphatic heterocycles. The van der Waals surface area contributed by atoms with Gasteiger partial charge in [0.2, 0.25) is 5.95 Å². The van der Waals surface area contributed by atoms with E-state index in [4.69, 9.17) is 0 Å². The van der Waals surface area contributed by atoms with Gasteiger partial charge in [0.15, 0.2) is 0 Å². The zero-order chi connectivity index (χ0) is 15.5. The molecule has 2 aromatic rings. The van der Waals surface area contributed by atoms with Crippen molar-refractivity contribution in [3.8, 4) is 0 Å². The van der Waals surface area contributed by atoms with E-state index < -0.39 is 0 Å². The molecule has 1 aromatic carbocycles. The van der Waals surface area contributed by atoms with E-state index in [-0.39, 0.29) is 0 Å². The summed E-state index contributed by atoms with van der Waals surface area (Å²) in [6, 6.07) is 8.33. The molecule has 4 heteroatoms. The molecule has 1 aliphatic rings. The number of nitrogens with one attached hydrogen (secondary N) is 1. The summed E-state index contributed by atoms with van der Waals surface area (Å²) in [6.45, 7) is 8.72. The lowest BCUT2D eigenvalue weighted by atomic mass is 10.0. The van der Waals surface area contributed by atoms with Crippen molar-refractivity contribution in [2.75, 3.05) is 23.3 Å². The molecule has 0 amide bonds. The molecule has 1 unspecified atom stereocenters. The van der Waals surface area contributed by atoms with Gasteiger partial charge >= 0.3 is 0 Å². The van der Waals surface area contributed by atoms with Crippen LogP contribution < -0.4 is 10.2 Å². The number of aryl methyl sites for hydroxylation is 2. The maximum atomic E-state index is 4.68. The summed E-state index contributed by atoms with van der Waals surface area (Å²) in [5.74, 6) is 2.42. The quantitative estimate of drug-likeness (QED) is 0.927. The van der Waals surface area contributed by atoms with Crippen molar-refractivity contribution in [1.29, 1.82) is 0 Å². The predicted octanol–water partition coefficient (Wildman–Crippen LogP) is 4.07. The molecule has 0 bridgehead atoms. The van der Waals surface area contributed by atoms with E-state index >= 15 is 0 Å². The first-order chi connectivity index (χ1) is 10.6. The molecule has 1 atom stereocenters. The second kappa shape index (κ2) is 6.34. The standard InChI is InChI=1S/C18H24N4/c1-13-5-4-10-22(12-13)17-8-9-19-18(21-17)20-16-7-6-14(2)15(3)11-16/h6-9,11,13H,4-5,10,12H2,1-3H3,(H,19,20,21). The molecule has 22 heavy (non-hydrogen) atoms. The summed E-state index contributed by atoms with van der Waals surface area (Å²) in [5.41, 5.74) is 3.60. The third kappa shape index (κ3) is 3.38. The smallest absolute Gasteiger partial charge is 0.229 e. The van der Waals surface area contributed by atoms with Crippen LogP contribution in [0.25, 0.3) is 0 Å². The van der Waals surface area contributed by atoms with Crippen LogP contribution in [0.3, 0.4) is 0 Å². The Bertz CT molecular complexity index is 653. The maximum Gasteiger partial charge on any atom is 0.229 e. The topological polar surface area (TPSA) is 41.1 Å². The van der Waals surface area contributed by atoms with Crippen molar-refractivity contribution >= 4 is 17.5 Å². The molecule has 116 valence electrons. The Hall–Kier alpha value is -2.10. The van der Waals surface area contributed by atoms with Gasteiger partial charge in [-0.25, -0.2) is 4.98 Å². The van der Waals surface area contributed by atoms with Gasteiger partial charge < -0.3 is 10.2 Å². The van der Waals surface area contributed by atoms with Crippen molar-refractivity contribution < 1.29 is 0 Å². The maximum absolute atomic E-state index is 4.68. The minimum atomic E-state index is 0.666. The lowest BCUT2D eigenvalue weighted by Gasteiger charge is -2.31. The number of rotatable bonds is 3. The predicted molar refractivity (Wildman–Crippen MR) is 91.8 cm³/mol. The molecule has 0 saturated carbocycles. The highest BCUT2D eigenvalue weighted by atomic mass is 15.2. The molecule has 2 heterocycles. The third-order valence-electron chi connectivity index (χ3n) is 4.38. The van der Waals surface area contributed by atoms with Gasteiger partial charge in [-0.1, -0.05) is 13.0 Å². The molecule has 0 radical (unpaired) electrons. The summed E-state index contributed by atoms with van der Waals surface area (Å²) >= 11 is 0. The average molecular weight is 296 g/mol. The summed E-state index contributed by atoms with van der Waals surface area (Å²) in [6.07, 6.45) is 4.39. The monoisotopic (exact) mass is 296 g/mol. The van der Waals surface area contributed by atoms with Crippen LogP contribution in [0.5, 0.6) is 0 Å². The molecule has 1 aromatic heterocycles. The number of hydrogen-bond acceptors (Lipinski definition) is 4. The minimum Gasteiger partial charge on any atom is -0.356 e. The van der Waals surface area contributed by atoms with Crippen LogP contribution in [0.15, 0.2) is 30.5 Å². The molecule has 0 aliphatic carbocycles. The third-order valence-corrected chi connectivity index (χ3v) is 4.38. The van der Waals surface area contributed by atoms with E-state index in [0.717, 1.165) is 30.5 Å². The zero-order valence-corrected chi connectivity index (χ0v) is 13.6. The molecule has 3 rings (SSSR count). The number of nitrogens with zero attached hydrogens (tertiary/aromatic N) is 3. The Balaban J connectivity index is 1.77. The Kier molecular flexibility index (Phi) is 4.27. The summed E-state index contributed by atoms with van der Waals surface area (Å²) in [7, 11) is 0. The zero-order valence-electron chi connectivity index (χ0n) is 13.6. The van der Waals surface area contributed by atoms with Gasteiger partial charge in [-0.2, -0.15) is 4.98 Å². The first-order valence-electron chi connectivity index (χ1n) is 8.04. The van der Waals surface area contributed by atoms with Crippen LogP contribution in [0, 0.1) is 19.8 Å². The van der Waals surface area contributed by atoms with Crippen molar-refractivity contribution in [2.24, 2.45) is 5.92 Å². The second-order valence-electron chi connectivity index (χ2n) is 6.36. The van der Waals surface area contributed by atoms with Crippen LogP contribution in [-0.4, -0.2) is 23.1 Å². The van der Waals surface area contributed by atoms with Crippen molar-refractivity contribution in [1.82, 2.24) is 9.97 Å². The highest BCUT2D eigenvalue weighted by molar-refractivity contribution is 5.57. The van der Waals surface area contributed by atoms with E-state index in [1.165, 1.54) is 24.0 Å². The number of anilines is 3. The van der Waals surface area contributed by atoms with Gasteiger partial charge in [-0.3, -0.25) is 0 Å². The molecular formula is C18H24N4. The molecule has 4 nitrogen and oxygen atoms in total. The fourth-order valence-corrected chi connectivity index (χ4v) is 2.93. The summed E-state index contributed by atoms with van der Waals surface area (Å²) < 4.78 is 0. The van der Waals surface area contributed by atoms with Gasteiger partial charge in [-0.15, -0.1) is 0 Å². The van der Waals surface area contributed by atoms with E-state index in [0.29, 0.717) is 5.95 Å². The van der Waals surface area contributed by atoms with E-state index in [1.807, 2.05) is 12.3 Å². The normalized spacial score (nSPS) is 18.3. The van der Waals surface area contributed by atoms with E-state index in [2.05, 4.69) is 59.2 Å². The summed E-state index contributed by atoms with van der Waals surface area (Å²) in [4.78, 5) is 11.4. The highest BCUT2D eigenvalue weighted by Gasteiger charge is 2.17. The molecular weight excluding hydrogens is 272 g/mol. The first-order valence-corrected chi connectivity index (χ1v) is 8.04. The van der Waals surface area contributed by atoms with Gasteiger partial charge in [0.05, 0.1) is 0 Å². The largest absolute Gasteiger partial charge is 0.356 e.